The fourth-order valence-corrected chi connectivity index (χ4v) is 1.35. The first-order valence-electron chi connectivity index (χ1n) is 3.10. The summed E-state index contributed by atoms with van der Waals surface area (Å²) in [5.74, 6) is -0.201. The molecule has 0 amide bonds. The highest BCUT2D eigenvalue weighted by Gasteiger charge is 2.07. The molecule has 2 N–H and O–H groups in total. The van der Waals surface area contributed by atoms with Gasteiger partial charge >= 0.3 is 0 Å². The standard InChI is InChI=1S/C5H13NO3S/c1-2-9-5-10(7,8)4-3-6/h2-6H2,1H3. The average molecular weight is 167 g/mol. The van der Waals surface area contributed by atoms with Gasteiger partial charge in [-0.15, -0.1) is 0 Å². The second-order valence-electron chi connectivity index (χ2n) is 1.85. The smallest absolute Gasteiger partial charge is 0.175 e. The van der Waals surface area contributed by atoms with Crippen molar-refractivity contribution in [1.29, 1.82) is 0 Å². The van der Waals surface area contributed by atoms with Gasteiger partial charge in [-0.3, -0.25) is 0 Å². The van der Waals surface area contributed by atoms with Gasteiger partial charge < -0.3 is 10.5 Å². The number of rotatable bonds is 5. The molecule has 0 spiro atoms. The third kappa shape index (κ3) is 4.72. The van der Waals surface area contributed by atoms with E-state index in [2.05, 4.69) is 0 Å². The molecule has 0 aromatic rings. The number of sulfone groups is 1. The highest BCUT2D eigenvalue weighted by molar-refractivity contribution is 7.91. The van der Waals surface area contributed by atoms with E-state index in [0.29, 0.717) is 6.61 Å². The van der Waals surface area contributed by atoms with E-state index in [1.54, 1.807) is 6.92 Å². The minimum atomic E-state index is -3.04. The second kappa shape index (κ2) is 4.65. The van der Waals surface area contributed by atoms with E-state index in [0.717, 1.165) is 0 Å². The molecular formula is C5H13NO3S. The predicted octanol–water partition coefficient (Wildman–Crippen LogP) is -0.646. The van der Waals surface area contributed by atoms with Crippen molar-refractivity contribution in [3.63, 3.8) is 0 Å². The number of nitrogens with two attached hydrogens (primary N) is 1. The van der Waals surface area contributed by atoms with Crippen LogP contribution in [0.1, 0.15) is 6.92 Å². The zero-order valence-corrected chi connectivity index (χ0v) is 6.86. The van der Waals surface area contributed by atoms with Crippen LogP contribution in [0.15, 0.2) is 0 Å². The normalized spacial score (nSPS) is 11.8. The number of ether oxygens (including phenoxy) is 1. The lowest BCUT2D eigenvalue weighted by Gasteiger charge is -2.00. The lowest BCUT2D eigenvalue weighted by atomic mass is 10.8. The first-order valence-corrected chi connectivity index (χ1v) is 4.92. The van der Waals surface area contributed by atoms with Gasteiger partial charge in [0.1, 0.15) is 5.94 Å². The molecule has 0 radical (unpaired) electrons. The van der Waals surface area contributed by atoms with Crippen molar-refractivity contribution in [3.8, 4) is 0 Å². The quantitative estimate of drug-likeness (QED) is 0.591. The van der Waals surface area contributed by atoms with Crippen LogP contribution in [-0.2, 0) is 14.6 Å². The first kappa shape index (κ1) is 9.87. The first-order chi connectivity index (χ1) is 4.62. The van der Waals surface area contributed by atoms with E-state index in [4.69, 9.17) is 10.5 Å². The lowest BCUT2D eigenvalue weighted by molar-refractivity contribution is 0.192. The van der Waals surface area contributed by atoms with Crippen molar-refractivity contribution in [2.24, 2.45) is 5.73 Å². The predicted molar refractivity (Wildman–Crippen MR) is 39.3 cm³/mol. The Morgan fingerprint density at radius 3 is 2.50 bits per heavy atom. The summed E-state index contributed by atoms with van der Waals surface area (Å²) in [6, 6.07) is 0. The third-order valence-electron chi connectivity index (χ3n) is 0.896. The van der Waals surface area contributed by atoms with Gasteiger partial charge in [-0.05, 0) is 6.92 Å². The van der Waals surface area contributed by atoms with Crippen molar-refractivity contribution < 1.29 is 13.2 Å². The Balaban J connectivity index is 3.65. The Morgan fingerprint density at radius 1 is 1.50 bits per heavy atom. The van der Waals surface area contributed by atoms with E-state index >= 15 is 0 Å². The summed E-state index contributed by atoms with van der Waals surface area (Å²) in [6.45, 7) is 2.33. The minimum Gasteiger partial charge on any atom is -0.366 e. The maximum absolute atomic E-state index is 10.8. The molecule has 0 bridgehead atoms. The Bertz CT molecular complexity index is 164. The van der Waals surface area contributed by atoms with E-state index in [1.807, 2.05) is 0 Å². The van der Waals surface area contributed by atoms with Gasteiger partial charge in [-0.1, -0.05) is 0 Å². The average Bonchev–Trinajstić information content (AvgIpc) is 1.84. The maximum Gasteiger partial charge on any atom is 0.175 e. The van der Waals surface area contributed by atoms with E-state index < -0.39 is 9.84 Å². The second-order valence-corrected chi connectivity index (χ2v) is 3.98. The number of hydrogen-bond acceptors (Lipinski definition) is 4. The molecule has 0 saturated carbocycles. The van der Waals surface area contributed by atoms with Crippen LogP contribution in [0.4, 0.5) is 0 Å². The van der Waals surface area contributed by atoms with Gasteiger partial charge in [0, 0.05) is 13.2 Å². The van der Waals surface area contributed by atoms with Gasteiger partial charge in [0.2, 0.25) is 0 Å². The molecule has 0 aliphatic carbocycles. The lowest BCUT2D eigenvalue weighted by Crippen LogP contribution is -2.19. The van der Waals surface area contributed by atoms with Gasteiger partial charge in [-0.2, -0.15) is 0 Å². The summed E-state index contributed by atoms with van der Waals surface area (Å²) in [6.07, 6.45) is 0. The molecule has 0 aromatic heterocycles. The van der Waals surface area contributed by atoms with E-state index in [-0.39, 0.29) is 18.2 Å². The summed E-state index contributed by atoms with van der Waals surface area (Å²) in [4.78, 5) is 0. The van der Waals surface area contributed by atoms with Crippen molar-refractivity contribution in [2.45, 2.75) is 6.92 Å². The Hall–Kier alpha value is -0.130. The van der Waals surface area contributed by atoms with Crippen LogP contribution in [0, 0.1) is 0 Å². The molecule has 5 heteroatoms. The topological polar surface area (TPSA) is 69.4 Å². The van der Waals surface area contributed by atoms with Crippen molar-refractivity contribution in [1.82, 2.24) is 0 Å². The van der Waals surface area contributed by atoms with Crippen LogP contribution >= 0.6 is 0 Å². The van der Waals surface area contributed by atoms with Gasteiger partial charge in [0.15, 0.2) is 9.84 Å². The summed E-state index contributed by atoms with van der Waals surface area (Å²) in [5, 5.41) is 0. The molecule has 0 atom stereocenters. The molecule has 10 heavy (non-hydrogen) atoms. The van der Waals surface area contributed by atoms with Crippen LogP contribution in [-0.4, -0.2) is 33.3 Å². The SMILES string of the molecule is CCOCS(=O)(=O)CCN. The minimum absolute atomic E-state index is 0.00694. The molecule has 4 nitrogen and oxygen atoms in total. The molecule has 0 unspecified atom stereocenters. The molecule has 0 aliphatic heterocycles. The largest absolute Gasteiger partial charge is 0.366 e. The van der Waals surface area contributed by atoms with Crippen LogP contribution in [0.2, 0.25) is 0 Å². The summed E-state index contributed by atoms with van der Waals surface area (Å²) < 4.78 is 26.3. The van der Waals surface area contributed by atoms with E-state index in [1.165, 1.54) is 0 Å². The monoisotopic (exact) mass is 167 g/mol. The zero-order valence-electron chi connectivity index (χ0n) is 6.04. The van der Waals surface area contributed by atoms with Crippen molar-refractivity contribution in [2.75, 3.05) is 24.8 Å². The third-order valence-corrected chi connectivity index (χ3v) is 2.28. The van der Waals surface area contributed by atoms with Crippen LogP contribution in [0.25, 0.3) is 0 Å². The molecule has 62 valence electrons. The van der Waals surface area contributed by atoms with Gasteiger partial charge in [0.25, 0.3) is 0 Å². The Kier molecular flexibility index (Phi) is 4.59. The summed E-state index contributed by atoms with van der Waals surface area (Å²) in [7, 11) is -3.04. The highest BCUT2D eigenvalue weighted by atomic mass is 32.2. The molecule has 0 fully saturated rings. The fourth-order valence-electron chi connectivity index (χ4n) is 0.449. The highest BCUT2D eigenvalue weighted by Crippen LogP contribution is 1.88. The van der Waals surface area contributed by atoms with Crippen LogP contribution < -0.4 is 5.73 Å². The van der Waals surface area contributed by atoms with Gasteiger partial charge in [0.05, 0.1) is 5.75 Å². The summed E-state index contributed by atoms with van der Waals surface area (Å²) in [5.41, 5.74) is 5.05. The number of hydrogen-bond donors (Lipinski definition) is 1. The molecule has 0 saturated heterocycles. The zero-order chi connectivity index (χ0) is 8.04. The maximum atomic E-state index is 10.8. The Labute approximate surface area is 61.3 Å². The molecule has 0 aromatic carbocycles. The van der Waals surface area contributed by atoms with Gasteiger partial charge in [-0.25, -0.2) is 8.42 Å². The summed E-state index contributed by atoms with van der Waals surface area (Å²) >= 11 is 0. The molecule has 0 aliphatic rings. The van der Waals surface area contributed by atoms with E-state index in [9.17, 15) is 8.42 Å². The van der Waals surface area contributed by atoms with Crippen LogP contribution in [0.5, 0.6) is 0 Å². The fraction of sp³-hybridized carbons (Fsp3) is 1.00. The van der Waals surface area contributed by atoms with Crippen molar-refractivity contribution >= 4 is 9.84 Å². The van der Waals surface area contributed by atoms with Crippen molar-refractivity contribution in [3.05, 3.63) is 0 Å². The Morgan fingerprint density at radius 2 is 2.10 bits per heavy atom. The van der Waals surface area contributed by atoms with Crippen LogP contribution in [0.3, 0.4) is 0 Å². The molecule has 0 rings (SSSR count). The molecular weight excluding hydrogens is 154 g/mol. The molecule has 0 heterocycles.